The van der Waals surface area contributed by atoms with Crippen molar-refractivity contribution in [3.8, 4) is 0 Å². The van der Waals surface area contributed by atoms with Gasteiger partial charge >= 0.3 is 0 Å². The van der Waals surface area contributed by atoms with Crippen molar-refractivity contribution in [1.82, 2.24) is 0 Å². The highest BCUT2D eigenvalue weighted by Gasteiger charge is 2.15. The molecule has 0 heterocycles. The summed E-state index contributed by atoms with van der Waals surface area (Å²) in [6, 6.07) is 0. The second kappa shape index (κ2) is 7.32. The van der Waals surface area contributed by atoms with E-state index in [1.165, 1.54) is 32.1 Å². The maximum atomic E-state index is 11.5. The molecular formula is C17H24O2. The zero-order valence-corrected chi connectivity index (χ0v) is 11.9. The number of ether oxygens (including phenoxy) is 1. The highest BCUT2D eigenvalue weighted by atomic mass is 16.5. The molecule has 19 heavy (non-hydrogen) atoms. The first-order valence-electron chi connectivity index (χ1n) is 7.53. The number of hydrogen-bond acceptors (Lipinski definition) is 2. The van der Waals surface area contributed by atoms with E-state index in [4.69, 9.17) is 4.74 Å². The summed E-state index contributed by atoms with van der Waals surface area (Å²) in [5.74, 6) is 1.27. The largest absolute Gasteiger partial charge is 0.491 e. The Labute approximate surface area is 116 Å². The van der Waals surface area contributed by atoms with Crippen molar-refractivity contribution in [2.45, 2.75) is 64.4 Å². The molecule has 0 saturated heterocycles. The summed E-state index contributed by atoms with van der Waals surface area (Å²) in [4.78, 5) is 11.5. The molecule has 0 aromatic rings. The molecule has 0 atom stereocenters. The van der Waals surface area contributed by atoms with Crippen LogP contribution in [0, 0.1) is 0 Å². The Morgan fingerprint density at radius 1 is 1.21 bits per heavy atom. The predicted octanol–water partition coefficient (Wildman–Crippen LogP) is 4.48. The van der Waals surface area contributed by atoms with Gasteiger partial charge in [0.05, 0.1) is 6.10 Å². The van der Waals surface area contributed by atoms with E-state index in [1.807, 2.05) is 19.1 Å². The molecule has 0 bridgehead atoms. The normalized spacial score (nSPS) is 20.5. The number of ketones is 1. The van der Waals surface area contributed by atoms with E-state index in [2.05, 4.69) is 12.2 Å². The van der Waals surface area contributed by atoms with Crippen molar-refractivity contribution in [3.63, 3.8) is 0 Å². The number of carbonyl (C=O) groups is 1. The second-order valence-corrected chi connectivity index (χ2v) is 5.40. The van der Waals surface area contributed by atoms with Gasteiger partial charge in [-0.05, 0) is 49.8 Å². The third kappa shape index (κ3) is 4.70. The number of carbonyl (C=O) groups excluding carboxylic acids is 1. The number of rotatable bonds is 5. The van der Waals surface area contributed by atoms with Crippen molar-refractivity contribution >= 4 is 5.78 Å². The molecule has 2 heteroatoms. The summed E-state index contributed by atoms with van der Waals surface area (Å²) in [7, 11) is 0. The van der Waals surface area contributed by atoms with Gasteiger partial charge < -0.3 is 4.74 Å². The van der Waals surface area contributed by atoms with Gasteiger partial charge in [-0.25, -0.2) is 0 Å². The Morgan fingerprint density at radius 3 is 2.74 bits per heavy atom. The van der Waals surface area contributed by atoms with Gasteiger partial charge in [0.2, 0.25) is 0 Å². The molecule has 0 spiro atoms. The summed E-state index contributed by atoms with van der Waals surface area (Å²) >= 11 is 0. The Balaban J connectivity index is 1.86. The molecule has 0 unspecified atom stereocenters. The SMILES string of the molecule is CCC(=O)CC1=CCC=C(OC2CCCCC2)C=C1. The number of hydrogen-bond donors (Lipinski definition) is 0. The van der Waals surface area contributed by atoms with Gasteiger partial charge in [-0.3, -0.25) is 4.79 Å². The van der Waals surface area contributed by atoms with Gasteiger partial charge in [0.25, 0.3) is 0 Å². The first-order chi connectivity index (χ1) is 9.28. The van der Waals surface area contributed by atoms with Crippen molar-refractivity contribution in [2.24, 2.45) is 0 Å². The zero-order chi connectivity index (χ0) is 13.5. The third-order valence-electron chi connectivity index (χ3n) is 3.81. The molecule has 2 aliphatic carbocycles. The monoisotopic (exact) mass is 260 g/mol. The fourth-order valence-electron chi connectivity index (χ4n) is 2.60. The fourth-order valence-corrected chi connectivity index (χ4v) is 2.60. The van der Waals surface area contributed by atoms with E-state index < -0.39 is 0 Å². The molecule has 0 aliphatic heterocycles. The van der Waals surface area contributed by atoms with Crippen LogP contribution in [-0.4, -0.2) is 11.9 Å². The molecule has 1 fully saturated rings. The van der Waals surface area contributed by atoms with E-state index in [0.717, 1.165) is 17.8 Å². The smallest absolute Gasteiger partial charge is 0.136 e. The topological polar surface area (TPSA) is 26.3 Å². The summed E-state index contributed by atoms with van der Waals surface area (Å²) in [6.45, 7) is 1.92. The van der Waals surface area contributed by atoms with Crippen LogP contribution in [0.5, 0.6) is 0 Å². The van der Waals surface area contributed by atoms with Gasteiger partial charge in [0.15, 0.2) is 0 Å². The molecule has 1 saturated carbocycles. The molecule has 2 rings (SSSR count). The summed E-state index contributed by atoms with van der Waals surface area (Å²) < 4.78 is 6.05. The first-order valence-corrected chi connectivity index (χ1v) is 7.53. The van der Waals surface area contributed by atoms with Gasteiger partial charge in [-0.2, -0.15) is 0 Å². The van der Waals surface area contributed by atoms with Crippen LogP contribution in [0.15, 0.2) is 35.6 Å². The summed E-state index contributed by atoms with van der Waals surface area (Å²) in [6.07, 6.45) is 17.0. The lowest BCUT2D eigenvalue weighted by molar-refractivity contribution is -0.118. The summed E-state index contributed by atoms with van der Waals surface area (Å²) in [5.41, 5.74) is 1.12. The van der Waals surface area contributed by atoms with E-state index in [1.54, 1.807) is 0 Å². The van der Waals surface area contributed by atoms with Crippen LogP contribution in [-0.2, 0) is 9.53 Å². The van der Waals surface area contributed by atoms with E-state index in [9.17, 15) is 4.79 Å². The molecule has 2 aliphatic rings. The van der Waals surface area contributed by atoms with Crippen LogP contribution < -0.4 is 0 Å². The molecular weight excluding hydrogens is 236 g/mol. The van der Waals surface area contributed by atoms with Crippen LogP contribution >= 0.6 is 0 Å². The maximum absolute atomic E-state index is 11.5. The van der Waals surface area contributed by atoms with Crippen molar-refractivity contribution in [2.75, 3.05) is 0 Å². The van der Waals surface area contributed by atoms with Crippen molar-refractivity contribution < 1.29 is 9.53 Å². The first kappa shape index (κ1) is 14.1. The number of Topliss-reactive ketones (excluding diaryl/α,β-unsaturated/α-hetero) is 1. The lowest BCUT2D eigenvalue weighted by Gasteiger charge is -2.23. The Hall–Kier alpha value is -1.31. The van der Waals surface area contributed by atoms with E-state index in [-0.39, 0.29) is 0 Å². The third-order valence-corrected chi connectivity index (χ3v) is 3.81. The van der Waals surface area contributed by atoms with Gasteiger partial charge in [-0.1, -0.05) is 25.5 Å². The zero-order valence-electron chi connectivity index (χ0n) is 11.9. The quantitative estimate of drug-likeness (QED) is 0.728. The van der Waals surface area contributed by atoms with E-state index >= 15 is 0 Å². The lowest BCUT2D eigenvalue weighted by Crippen LogP contribution is -2.15. The molecule has 0 amide bonds. The molecule has 0 aromatic carbocycles. The molecule has 0 radical (unpaired) electrons. The minimum absolute atomic E-state index is 0.299. The predicted molar refractivity (Wildman–Crippen MR) is 77.8 cm³/mol. The van der Waals surface area contributed by atoms with Crippen LogP contribution in [0.1, 0.15) is 58.3 Å². The van der Waals surface area contributed by atoms with Gasteiger partial charge in [0.1, 0.15) is 11.5 Å². The van der Waals surface area contributed by atoms with Crippen LogP contribution in [0.2, 0.25) is 0 Å². The lowest BCUT2D eigenvalue weighted by atomic mass is 9.98. The highest BCUT2D eigenvalue weighted by Crippen LogP contribution is 2.24. The standard InChI is InChI=1S/C17H24O2/c1-2-15(18)13-14-7-6-10-17(12-11-14)19-16-8-4-3-5-9-16/h7,10-12,16H,2-6,8-9,13H2,1H3. The van der Waals surface area contributed by atoms with Crippen LogP contribution in [0.25, 0.3) is 0 Å². The van der Waals surface area contributed by atoms with Crippen molar-refractivity contribution in [1.29, 1.82) is 0 Å². The Bertz CT molecular complexity index is 395. The molecule has 0 N–H and O–H groups in total. The van der Waals surface area contributed by atoms with Crippen LogP contribution in [0.3, 0.4) is 0 Å². The van der Waals surface area contributed by atoms with Crippen LogP contribution in [0.4, 0.5) is 0 Å². The molecule has 2 nitrogen and oxygen atoms in total. The second-order valence-electron chi connectivity index (χ2n) is 5.40. The van der Waals surface area contributed by atoms with Crippen molar-refractivity contribution in [3.05, 3.63) is 35.6 Å². The summed E-state index contributed by atoms with van der Waals surface area (Å²) in [5, 5.41) is 0. The minimum atomic E-state index is 0.299. The minimum Gasteiger partial charge on any atom is -0.491 e. The average Bonchev–Trinajstić information content (AvgIpc) is 2.65. The average molecular weight is 260 g/mol. The maximum Gasteiger partial charge on any atom is 0.136 e. The van der Waals surface area contributed by atoms with Gasteiger partial charge in [0, 0.05) is 12.8 Å². The molecule has 104 valence electrons. The van der Waals surface area contributed by atoms with E-state index in [0.29, 0.717) is 24.7 Å². The Morgan fingerprint density at radius 2 is 2.00 bits per heavy atom. The Kier molecular flexibility index (Phi) is 5.44. The fraction of sp³-hybridized carbons (Fsp3) is 0.588. The highest BCUT2D eigenvalue weighted by molar-refractivity contribution is 5.81. The number of allylic oxidation sites excluding steroid dienone is 5. The van der Waals surface area contributed by atoms with Gasteiger partial charge in [-0.15, -0.1) is 0 Å². The molecule has 0 aromatic heterocycles.